The van der Waals surface area contributed by atoms with Gasteiger partial charge >= 0.3 is 5.97 Å². The highest BCUT2D eigenvalue weighted by Gasteiger charge is 2.18. The van der Waals surface area contributed by atoms with Crippen LogP contribution in [-0.4, -0.2) is 22.2 Å². The highest BCUT2D eigenvalue weighted by Crippen LogP contribution is 2.24. The van der Waals surface area contributed by atoms with E-state index in [1.807, 2.05) is 31.2 Å². The lowest BCUT2D eigenvalue weighted by Crippen LogP contribution is -2.03. The van der Waals surface area contributed by atoms with Crippen molar-refractivity contribution in [1.82, 2.24) is 9.59 Å². The van der Waals surface area contributed by atoms with Gasteiger partial charge in [0.05, 0.1) is 6.61 Å². The Morgan fingerprint density at radius 3 is 2.71 bits per heavy atom. The molecule has 0 bridgehead atoms. The zero-order chi connectivity index (χ0) is 12.3. The second kappa shape index (κ2) is 5.05. The maximum atomic E-state index is 11.7. The normalized spacial score (nSPS) is 10.2. The van der Waals surface area contributed by atoms with E-state index in [1.165, 1.54) is 0 Å². The summed E-state index contributed by atoms with van der Waals surface area (Å²) in [6.45, 7) is 4.14. The summed E-state index contributed by atoms with van der Waals surface area (Å²) >= 11 is 1.06. The topological polar surface area (TPSA) is 52.1 Å². The van der Waals surface area contributed by atoms with Gasteiger partial charge in [0, 0.05) is 5.56 Å². The van der Waals surface area contributed by atoms with Crippen LogP contribution in [0.5, 0.6) is 0 Å². The molecule has 0 N–H and O–H groups in total. The number of ether oxygens (including phenoxy) is 1. The molecule has 88 valence electrons. The third-order valence-electron chi connectivity index (χ3n) is 2.27. The van der Waals surface area contributed by atoms with Crippen molar-refractivity contribution in [2.75, 3.05) is 6.61 Å². The van der Waals surface area contributed by atoms with Gasteiger partial charge in [-0.2, -0.15) is 0 Å². The number of rotatable bonds is 3. The molecular weight excluding hydrogens is 236 g/mol. The lowest BCUT2D eigenvalue weighted by atomic mass is 10.1. The molecule has 0 fully saturated rings. The van der Waals surface area contributed by atoms with E-state index >= 15 is 0 Å². The Morgan fingerprint density at radius 1 is 1.35 bits per heavy atom. The summed E-state index contributed by atoms with van der Waals surface area (Å²) in [7, 11) is 0. The molecule has 1 aromatic carbocycles. The summed E-state index contributed by atoms with van der Waals surface area (Å²) in [6, 6.07) is 7.80. The summed E-state index contributed by atoms with van der Waals surface area (Å²) in [5, 5.41) is 3.99. The molecule has 0 unspecified atom stereocenters. The summed E-state index contributed by atoms with van der Waals surface area (Å²) < 4.78 is 8.78. The molecule has 1 aromatic heterocycles. The number of esters is 1. The molecule has 0 spiro atoms. The van der Waals surface area contributed by atoms with Crippen LogP contribution < -0.4 is 0 Å². The van der Waals surface area contributed by atoms with Gasteiger partial charge in [-0.1, -0.05) is 34.3 Å². The molecule has 0 aliphatic carbocycles. The number of carbonyl (C=O) groups is 1. The van der Waals surface area contributed by atoms with Crippen molar-refractivity contribution < 1.29 is 9.53 Å². The molecule has 2 rings (SSSR count). The third-order valence-corrected chi connectivity index (χ3v) is 2.98. The Kier molecular flexibility index (Phi) is 3.49. The Bertz CT molecular complexity index is 520. The largest absolute Gasteiger partial charge is 0.462 e. The highest BCUT2D eigenvalue weighted by atomic mass is 32.1. The van der Waals surface area contributed by atoms with E-state index in [1.54, 1.807) is 6.92 Å². The number of aryl methyl sites for hydroxylation is 1. The van der Waals surface area contributed by atoms with Crippen LogP contribution in [0.3, 0.4) is 0 Å². The fourth-order valence-corrected chi connectivity index (χ4v) is 2.00. The standard InChI is InChI=1S/C12H12N2O2S/c1-3-16-12(15)11-10(13-14-17-11)9-6-4-8(2)5-7-9/h4-7H,3H2,1-2H3. The minimum absolute atomic E-state index is 0.351. The van der Waals surface area contributed by atoms with Gasteiger partial charge in [0.2, 0.25) is 0 Å². The second-order valence-corrected chi connectivity index (χ2v) is 4.29. The fourth-order valence-electron chi connectivity index (χ4n) is 1.42. The second-order valence-electron chi connectivity index (χ2n) is 3.54. The van der Waals surface area contributed by atoms with E-state index in [2.05, 4.69) is 9.59 Å². The number of nitrogens with zero attached hydrogens (tertiary/aromatic N) is 2. The summed E-state index contributed by atoms with van der Waals surface area (Å²) in [5.74, 6) is -0.363. The van der Waals surface area contributed by atoms with Gasteiger partial charge in [-0.3, -0.25) is 0 Å². The summed E-state index contributed by atoms with van der Waals surface area (Å²) in [5.41, 5.74) is 2.63. The van der Waals surface area contributed by atoms with E-state index in [0.29, 0.717) is 17.2 Å². The molecule has 1 heterocycles. The Balaban J connectivity index is 2.36. The van der Waals surface area contributed by atoms with Gasteiger partial charge in [0.25, 0.3) is 0 Å². The van der Waals surface area contributed by atoms with Gasteiger partial charge in [0.1, 0.15) is 5.69 Å². The average molecular weight is 248 g/mol. The van der Waals surface area contributed by atoms with Gasteiger partial charge in [-0.05, 0) is 25.4 Å². The van der Waals surface area contributed by atoms with E-state index in [4.69, 9.17) is 4.74 Å². The van der Waals surface area contributed by atoms with Crippen LogP contribution in [0, 0.1) is 6.92 Å². The Hall–Kier alpha value is -1.75. The molecule has 0 saturated carbocycles. The van der Waals surface area contributed by atoms with Crippen molar-refractivity contribution in [1.29, 1.82) is 0 Å². The molecule has 0 aliphatic rings. The molecule has 5 heteroatoms. The van der Waals surface area contributed by atoms with E-state index < -0.39 is 0 Å². The van der Waals surface area contributed by atoms with Crippen LogP contribution in [0.2, 0.25) is 0 Å². The minimum Gasteiger partial charge on any atom is -0.462 e. The average Bonchev–Trinajstić information content (AvgIpc) is 2.79. The molecule has 4 nitrogen and oxygen atoms in total. The first-order chi connectivity index (χ1) is 8.22. The quantitative estimate of drug-likeness (QED) is 0.784. The lowest BCUT2D eigenvalue weighted by Gasteiger charge is -2.01. The van der Waals surface area contributed by atoms with Crippen molar-refractivity contribution in [2.45, 2.75) is 13.8 Å². The third kappa shape index (κ3) is 2.50. The zero-order valence-corrected chi connectivity index (χ0v) is 10.5. The number of carbonyl (C=O) groups excluding carboxylic acids is 1. The first-order valence-corrected chi connectivity index (χ1v) is 6.06. The molecule has 0 saturated heterocycles. The monoisotopic (exact) mass is 248 g/mol. The van der Waals surface area contributed by atoms with Gasteiger partial charge in [-0.25, -0.2) is 4.79 Å². The van der Waals surface area contributed by atoms with Crippen molar-refractivity contribution in [3.63, 3.8) is 0 Å². The van der Waals surface area contributed by atoms with Gasteiger partial charge in [0.15, 0.2) is 4.88 Å². The van der Waals surface area contributed by atoms with Crippen LogP contribution in [0.1, 0.15) is 22.2 Å². The van der Waals surface area contributed by atoms with Crippen LogP contribution in [-0.2, 0) is 4.74 Å². The van der Waals surface area contributed by atoms with E-state index in [-0.39, 0.29) is 5.97 Å². The molecule has 0 amide bonds. The predicted molar refractivity (Wildman–Crippen MR) is 66.0 cm³/mol. The minimum atomic E-state index is -0.363. The molecule has 0 atom stereocenters. The molecule has 17 heavy (non-hydrogen) atoms. The predicted octanol–water partition coefficient (Wildman–Crippen LogP) is 2.69. The van der Waals surface area contributed by atoms with Gasteiger partial charge in [-0.15, -0.1) is 5.10 Å². The fraction of sp³-hybridized carbons (Fsp3) is 0.250. The van der Waals surface area contributed by atoms with E-state index in [9.17, 15) is 4.79 Å². The maximum Gasteiger partial charge on any atom is 0.352 e. The molecule has 0 radical (unpaired) electrons. The Morgan fingerprint density at radius 2 is 2.06 bits per heavy atom. The summed E-state index contributed by atoms with van der Waals surface area (Å²) in [4.78, 5) is 12.1. The van der Waals surface area contributed by atoms with Crippen LogP contribution in [0.4, 0.5) is 0 Å². The smallest absolute Gasteiger partial charge is 0.352 e. The zero-order valence-electron chi connectivity index (χ0n) is 9.64. The van der Waals surface area contributed by atoms with Crippen molar-refractivity contribution in [3.8, 4) is 11.3 Å². The Labute approximate surface area is 103 Å². The number of benzene rings is 1. The van der Waals surface area contributed by atoms with Crippen LogP contribution >= 0.6 is 11.5 Å². The van der Waals surface area contributed by atoms with Crippen LogP contribution in [0.25, 0.3) is 11.3 Å². The SMILES string of the molecule is CCOC(=O)c1snnc1-c1ccc(C)cc1. The number of aromatic nitrogens is 2. The highest BCUT2D eigenvalue weighted by molar-refractivity contribution is 7.08. The number of hydrogen-bond donors (Lipinski definition) is 0. The van der Waals surface area contributed by atoms with Crippen LogP contribution in [0.15, 0.2) is 24.3 Å². The van der Waals surface area contributed by atoms with Gasteiger partial charge < -0.3 is 4.74 Å². The summed E-state index contributed by atoms with van der Waals surface area (Å²) in [6.07, 6.45) is 0. The molecular formula is C12H12N2O2S. The van der Waals surface area contributed by atoms with E-state index in [0.717, 1.165) is 22.7 Å². The first kappa shape index (κ1) is 11.7. The van der Waals surface area contributed by atoms with Crippen molar-refractivity contribution >= 4 is 17.5 Å². The lowest BCUT2D eigenvalue weighted by molar-refractivity contribution is 0.0532. The van der Waals surface area contributed by atoms with Crippen molar-refractivity contribution in [2.24, 2.45) is 0 Å². The maximum absolute atomic E-state index is 11.7. The molecule has 0 aliphatic heterocycles. The first-order valence-electron chi connectivity index (χ1n) is 5.29. The van der Waals surface area contributed by atoms with Crippen molar-refractivity contribution in [3.05, 3.63) is 34.7 Å². The molecule has 2 aromatic rings. The number of hydrogen-bond acceptors (Lipinski definition) is 5.